The zero-order valence-electron chi connectivity index (χ0n) is 11.3. The van der Waals surface area contributed by atoms with Crippen LogP contribution in [0.25, 0.3) is 0 Å². The first-order valence-corrected chi connectivity index (χ1v) is 7.97. The van der Waals surface area contributed by atoms with E-state index in [-0.39, 0.29) is 17.4 Å². The third-order valence-corrected chi connectivity index (χ3v) is 4.75. The first-order valence-electron chi connectivity index (χ1n) is 6.43. The average Bonchev–Trinajstić information content (AvgIpc) is 2.41. The molecule has 21 heavy (non-hydrogen) atoms. The van der Waals surface area contributed by atoms with Crippen LogP contribution >= 0.6 is 0 Å². The predicted molar refractivity (Wildman–Crippen MR) is 75.0 cm³/mol. The molecule has 9 nitrogen and oxygen atoms in total. The van der Waals surface area contributed by atoms with Gasteiger partial charge in [-0.1, -0.05) is 6.08 Å². The third-order valence-electron chi connectivity index (χ3n) is 3.67. The molecule has 1 saturated heterocycles. The number of nitrogens with two attached hydrogens (primary N) is 2. The summed E-state index contributed by atoms with van der Waals surface area (Å²) in [5.41, 5.74) is 3.81. The van der Waals surface area contributed by atoms with Gasteiger partial charge in [0.25, 0.3) is 5.66 Å². The van der Waals surface area contributed by atoms with E-state index in [1.165, 1.54) is 18.2 Å². The van der Waals surface area contributed by atoms with Crippen molar-refractivity contribution < 1.29 is 18.1 Å². The molecule has 1 aliphatic heterocycles. The minimum atomic E-state index is -4.08. The van der Waals surface area contributed by atoms with Crippen molar-refractivity contribution >= 4 is 10.0 Å². The smallest absolute Gasteiger partial charge is 0.299 e. The molecule has 0 amide bonds. The molecule has 0 saturated carbocycles. The summed E-state index contributed by atoms with van der Waals surface area (Å²) >= 11 is 0. The Bertz CT molecular complexity index is 581. The molecule has 2 aliphatic rings. The SMILES string of the molecule is NC1([N+](=O)[O-])C=CC=C(S(N)(=O)=O)C1CC1CNCCO1. The number of nitrogens with one attached hydrogen (secondary N) is 1. The maximum atomic E-state index is 11.7. The van der Waals surface area contributed by atoms with E-state index >= 15 is 0 Å². The summed E-state index contributed by atoms with van der Waals surface area (Å²) in [4.78, 5) is 10.4. The van der Waals surface area contributed by atoms with E-state index in [1.54, 1.807) is 0 Å². The van der Waals surface area contributed by atoms with Gasteiger partial charge in [0.2, 0.25) is 10.0 Å². The fraction of sp³-hybridized carbons (Fsp3) is 0.636. The van der Waals surface area contributed by atoms with Crippen LogP contribution in [-0.2, 0) is 14.8 Å². The molecule has 5 N–H and O–H groups in total. The zero-order chi connectivity index (χ0) is 15.7. The Kier molecular flexibility index (Phi) is 4.44. The van der Waals surface area contributed by atoms with Crippen molar-refractivity contribution in [3.05, 3.63) is 33.2 Å². The second-order valence-corrected chi connectivity index (χ2v) is 6.66. The first-order chi connectivity index (χ1) is 9.75. The lowest BCUT2D eigenvalue weighted by atomic mass is 9.84. The van der Waals surface area contributed by atoms with E-state index in [2.05, 4.69) is 5.32 Å². The van der Waals surface area contributed by atoms with Crippen LogP contribution in [0, 0.1) is 16.0 Å². The van der Waals surface area contributed by atoms with E-state index in [1.807, 2.05) is 0 Å². The van der Waals surface area contributed by atoms with E-state index in [0.717, 1.165) is 0 Å². The Balaban J connectivity index is 2.34. The maximum Gasteiger partial charge on any atom is 0.299 e. The topological polar surface area (TPSA) is 151 Å². The van der Waals surface area contributed by atoms with Crippen molar-refractivity contribution in [2.45, 2.75) is 18.2 Å². The largest absolute Gasteiger partial charge is 0.376 e. The highest BCUT2D eigenvalue weighted by Gasteiger charge is 2.51. The van der Waals surface area contributed by atoms with Crippen molar-refractivity contribution in [3.8, 4) is 0 Å². The van der Waals surface area contributed by atoms with Gasteiger partial charge < -0.3 is 10.1 Å². The molecule has 0 bridgehead atoms. The monoisotopic (exact) mass is 318 g/mol. The average molecular weight is 318 g/mol. The van der Waals surface area contributed by atoms with Crippen molar-refractivity contribution in [2.24, 2.45) is 16.8 Å². The molecule has 1 fully saturated rings. The lowest BCUT2D eigenvalue weighted by molar-refractivity contribution is -0.563. The summed E-state index contributed by atoms with van der Waals surface area (Å²) in [6.45, 7) is 1.62. The number of rotatable bonds is 4. The Morgan fingerprint density at radius 1 is 1.57 bits per heavy atom. The summed E-state index contributed by atoms with van der Waals surface area (Å²) in [5.74, 6) is -1.07. The summed E-state index contributed by atoms with van der Waals surface area (Å²) < 4.78 is 28.9. The molecule has 0 aromatic carbocycles. The number of primary sulfonamides is 1. The molecular weight excluding hydrogens is 300 g/mol. The number of nitro groups is 1. The highest BCUT2D eigenvalue weighted by atomic mass is 32.2. The Morgan fingerprint density at radius 3 is 2.81 bits per heavy atom. The second kappa shape index (κ2) is 5.81. The van der Waals surface area contributed by atoms with Crippen molar-refractivity contribution in [3.63, 3.8) is 0 Å². The lowest BCUT2D eigenvalue weighted by Gasteiger charge is -2.34. The number of hydrogen-bond donors (Lipinski definition) is 3. The van der Waals surface area contributed by atoms with Crippen LogP contribution in [0.1, 0.15) is 6.42 Å². The normalized spacial score (nSPS) is 33.5. The van der Waals surface area contributed by atoms with Crippen molar-refractivity contribution in [2.75, 3.05) is 19.7 Å². The number of hydrogen-bond acceptors (Lipinski definition) is 7. The van der Waals surface area contributed by atoms with Gasteiger partial charge in [0.15, 0.2) is 0 Å². The molecular formula is C11H18N4O5S. The fourth-order valence-electron chi connectivity index (χ4n) is 2.58. The number of morpholine rings is 1. The molecule has 0 aromatic rings. The Hall–Kier alpha value is -1.33. The fourth-order valence-corrected chi connectivity index (χ4v) is 3.53. The van der Waals surface area contributed by atoms with Crippen LogP contribution < -0.4 is 16.2 Å². The van der Waals surface area contributed by atoms with Gasteiger partial charge >= 0.3 is 0 Å². The highest BCUT2D eigenvalue weighted by Crippen LogP contribution is 2.35. The summed E-state index contributed by atoms with van der Waals surface area (Å²) in [6, 6.07) is 0. The van der Waals surface area contributed by atoms with Gasteiger partial charge in [-0.05, 0) is 12.5 Å². The molecule has 3 atom stereocenters. The number of sulfonamides is 1. The minimum absolute atomic E-state index is 0.0943. The van der Waals surface area contributed by atoms with E-state index in [9.17, 15) is 18.5 Å². The Labute approximate surface area is 122 Å². The molecule has 1 heterocycles. The highest BCUT2D eigenvalue weighted by molar-refractivity contribution is 7.93. The molecule has 10 heteroatoms. The van der Waals surface area contributed by atoms with Crippen molar-refractivity contribution in [1.29, 1.82) is 0 Å². The number of allylic oxidation sites excluding steroid dienone is 2. The molecule has 118 valence electrons. The van der Waals surface area contributed by atoms with Gasteiger partial charge in [0, 0.05) is 24.1 Å². The van der Waals surface area contributed by atoms with Gasteiger partial charge in [-0.15, -0.1) is 0 Å². The number of ether oxygens (including phenoxy) is 1. The van der Waals surface area contributed by atoms with Crippen LogP contribution in [-0.4, -0.2) is 44.8 Å². The first kappa shape index (κ1) is 16.0. The summed E-state index contributed by atoms with van der Waals surface area (Å²) in [7, 11) is -4.08. The van der Waals surface area contributed by atoms with Gasteiger partial charge in [0.1, 0.15) is 0 Å². The quantitative estimate of drug-likeness (QED) is 0.329. The van der Waals surface area contributed by atoms with E-state index < -0.39 is 26.5 Å². The molecule has 2 rings (SSSR count). The standard InChI is InChI=1S/C11H18N4O5S/c12-11(15(16)17)3-1-2-10(21(13,18)19)9(11)6-8-7-14-4-5-20-8/h1-3,8-9,14H,4-7,12H2,(H2,13,18,19). The Morgan fingerprint density at radius 2 is 2.29 bits per heavy atom. The van der Waals surface area contributed by atoms with Crippen LogP contribution in [0.2, 0.25) is 0 Å². The van der Waals surface area contributed by atoms with Gasteiger partial charge in [-0.2, -0.15) is 0 Å². The summed E-state index contributed by atoms with van der Waals surface area (Å²) in [6.07, 6.45) is 3.42. The van der Waals surface area contributed by atoms with Crippen molar-refractivity contribution in [1.82, 2.24) is 5.32 Å². The van der Waals surface area contributed by atoms with Gasteiger partial charge in [-0.3, -0.25) is 15.8 Å². The lowest BCUT2D eigenvalue weighted by Crippen LogP contribution is -2.56. The van der Waals surface area contributed by atoms with E-state index in [4.69, 9.17) is 15.6 Å². The zero-order valence-corrected chi connectivity index (χ0v) is 12.1. The maximum absolute atomic E-state index is 11.7. The molecule has 0 spiro atoms. The molecule has 1 aliphatic carbocycles. The predicted octanol–water partition coefficient (Wildman–Crippen LogP) is -1.34. The molecule has 0 aromatic heterocycles. The van der Waals surface area contributed by atoms with Crippen LogP contribution in [0.5, 0.6) is 0 Å². The molecule has 3 unspecified atom stereocenters. The van der Waals surface area contributed by atoms with Gasteiger partial charge in [0.05, 0.1) is 23.5 Å². The van der Waals surface area contributed by atoms with Crippen LogP contribution in [0.3, 0.4) is 0 Å². The van der Waals surface area contributed by atoms with E-state index in [0.29, 0.717) is 19.7 Å². The summed E-state index contributed by atoms with van der Waals surface area (Å²) in [5, 5.41) is 19.6. The third kappa shape index (κ3) is 3.30. The number of nitrogens with zero attached hydrogens (tertiary/aromatic N) is 1. The minimum Gasteiger partial charge on any atom is -0.376 e. The van der Waals surface area contributed by atoms with Crippen LogP contribution in [0.15, 0.2) is 23.1 Å². The van der Waals surface area contributed by atoms with Gasteiger partial charge in [-0.25, -0.2) is 13.6 Å². The molecule has 0 radical (unpaired) electrons. The van der Waals surface area contributed by atoms with Crippen LogP contribution in [0.4, 0.5) is 0 Å². The second-order valence-electron chi connectivity index (χ2n) is 5.10.